The van der Waals surface area contributed by atoms with E-state index in [2.05, 4.69) is 15.9 Å². The van der Waals surface area contributed by atoms with E-state index in [9.17, 15) is 9.90 Å². The first-order chi connectivity index (χ1) is 8.93. The van der Waals surface area contributed by atoms with Gasteiger partial charge in [0.15, 0.2) is 0 Å². The zero-order chi connectivity index (χ0) is 14.4. The van der Waals surface area contributed by atoms with Crippen molar-refractivity contribution in [2.24, 2.45) is 0 Å². The Kier molecular flexibility index (Phi) is 6.05. The average Bonchev–Trinajstić information content (AvgIpc) is 2.35. The highest BCUT2D eigenvalue weighted by Crippen LogP contribution is 2.24. The summed E-state index contributed by atoms with van der Waals surface area (Å²) >= 11 is 3.38. The van der Waals surface area contributed by atoms with Gasteiger partial charge in [-0.1, -0.05) is 15.9 Å². The van der Waals surface area contributed by atoms with Gasteiger partial charge in [0, 0.05) is 29.7 Å². The summed E-state index contributed by atoms with van der Waals surface area (Å²) in [6, 6.07) is 5.57. The van der Waals surface area contributed by atoms with Gasteiger partial charge in [-0.3, -0.25) is 4.79 Å². The van der Waals surface area contributed by atoms with Crippen molar-refractivity contribution in [2.75, 3.05) is 20.7 Å². The molecule has 1 rings (SSSR count). The third-order valence-electron chi connectivity index (χ3n) is 2.51. The Balaban J connectivity index is 2.81. The molecule has 0 aliphatic carbocycles. The van der Waals surface area contributed by atoms with E-state index < -0.39 is 6.10 Å². The van der Waals surface area contributed by atoms with Crippen molar-refractivity contribution in [1.82, 2.24) is 4.90 Å². The summed E-state index contributed by atoms with van der Waals surface area (Å²) in [4.78, 5) is 13.3. The molecule has 0 saturated heterocycles. The third-order valence-corrected chi connectivity index (χ3v) is 3.00. The van der Waals surface area contributed by atoms with Crippen LogP contribution in [0.25, 0.3) is 6.08 Å². The molecule has 1 aromatic carbocycles. The number of nitrogens with zero attached hydrogens (tertiary/aromatic N) is 1. The van der Waals surface area contributed by atoms with Crippen LogP contribution in [0.15, 0.2) is 28.7 Å². The van der Waals surface area contributed by atoms with Crippen LogP contribution >= 0.6 is 15.9 Å². The maximum atomic E-state index is 11.8. The van der Waals surface area contributed by atoms with Crippen molar-refractivity contribution in [2.45, 2.75) is 13.0 Å². The van der Waals surface area contributed by atoms with Crippen LogP contribution in [-0.2, 0) is 4.79 Å². The van der Waals surface area contributed by atoms with Crippen LogP contribution in [0.4, 0.5) is 0 Å². The van der Waals surface area contributed by atoms with Gasteiger partial charge in [0.25, 0.3) is 0 Å². The van der Waals surface area contributed by atoms with Crippen LogP contribution in [0.2, 0.25) is 0 Å². The Labute approximate surface area is 121 Å². The summed E-state index contributed by atoms with van der Waals surface area (Å²) in [6.45, 7) is 1.95. The van der Waals surface area contributed by atoms with Crippen LogP contribution in [0.1, 0.15) is 12.5 Å². The molecule has 4 nitrogen and oxygen atoms in total. The second-order valence-corrected chi connectivity index (χ2v) is 5.20. The van der Waals surface area contributed by atoms with Crippen molar-refractivity contribution in [3.8, 4) is 5.75 Å². The predicted molar refractivity (Wildman–Crippen MR) is 79.0 cm³/mol. The third kappa shape index (κ3) is 5.04. The quantitative estimate of drug-likeness (QED) is 0.844. The fourth-order valence-electron chi connectivity index (χ4n) is 1.61. The van der Waals surface area contributed by atoms with Gasteiger partial charge in [0.1, 0.15) is 5.75 Å². The predicted octanol–water partition coefficient (Wildman–Crippen LogP) is 2.31. The number of carbonyl (C=O) groups is 1. The van der Waals surface area contributed by atoms with Gasteiger partial charge in [-0.2, -0.15) is 0 Å². The molecule has 0 aliphatic heterocycles. The number of aliphatic hydroxyl groups is 1. The lowest BCUT2D eigenvalue weighted by Gasteiger charge is -2.16. The van der Waals surface area contributed by atoms with Gasteiger partial charge < -0.3 is 14.7 Å². The number of carbonyl (C=O) groups excluding carboxylic acids is 1. The molecule has 0 aromatic heterocycles. The summed E-state index contributed by atoms with van der Waals surface area (Å²) < 4.78 is 6.14. The zero-order valence-corrected chi connectivity index (χ0v) is 12.8. The largest absolute Gasteiger partial charge is 0.496 e. The van der Waals surface area contributed by atoms with E-state index >= 15 is 0 Å². The highest BCUT2D eigenvalue weighted by molar-refractivity contribution is 9.10. The normalized spacial score (nSPS) is 12.5. The smallest absolute Gasteiger partial charge is 0.246 e. The highest BCUT2D eigenvalue weighted by Gasteiger charge is 2.08. The summed E-state index contributed by atoms with van der Waals surface area (Å²) in [5.74, 6) is 0.536. The van der Waals surface area contributed by atoms with Crippen LogP contribution in [0, 0.1) is 0 Å². The van der Waals surface area contributed by atoms with Gasteiger partial charge in [0.05, 0.1) is 13.2 Å². The summed E-state index contributed by atoms with van der Waals surface area (Å²) in [5, 5.41) is 9.23. The van der Waals surface area contributed by atoms with E-state index in [1.165, 1.54) is 11.0 Å². The molecule has 1 N–H and O–H groups in total. The van der Waals surface area contributed by atoms with Gasteiger partial charge in [-0.15, -0.1) is 0 Å². The number of hydrogen-bond donors (Lipinski definition) is 1. The molecule has 0 bridgehead atoms. The Morgan fingerprint density at radius 1 is 1.58 bits per heavy atom. The maximum Gasteiger partial charge on any atom is 0.246 e. The van der Waals surface area contributed by atoms with E-state index in [1.54, 1.807) is 27.2 Å². The minimum Gasteiger partial charge on any atom is -0.496 e. The number of halogens is 1. The number of methoxy groups -OCH3 is 1. The Bertz CT molecular complexity index is 472. The number of rotatable bonds is 5. The van der Waals surface area contributed by atoms with E-state index in [4.69, 9.17) is 4.74 Å². The Morgan fingerprint density at radius 2 is 2.26 bits per heavy atom. The lowest BCUT2D eigenvalue weighted by molar-refractivity contribution is -0.125. The monoisotopic (exact) mass is 327 g/mol. The summed E-state index contributed by atoms with van der Waals surface area (Å²) in [5.41, 5.74) is 0.815. The molecule has 0 spiro atoms. The molecule has 19 heavy (non-hydrogen) atoms. The lowest BCUT2D eigenvalue weighted by Crippen LogP contribution is -2.31. The number of benzene rings is 1. The molecule has 0 heterocycles. The molecule has 1 atom stereocenters. The standard InChI is InChI=1S/C14H18BrNO3/c1-10(17)9-16(2)14(18)7-4-11-8-12(15)5-6-13(11)19-3/h4-8,10,17H,9H2,1-3H3. The number of likely N-dealkylation sites (N-methyl/N-ethyl adjacent to an activating group) is 1. The van der Waals surface area contributed by atoms with Crippen molar-refractivity contribution in [3.63, 3.8) is 0 Å². The van der Waals surface area contributed by atoms with Crippen LogP contribution in [0.3, 0.4) is 0 Å². The topological polar surface area (TPSA) is 49.8 Å². The van der Waals surface area contributed by atoms with Gasteiger partial charge >= 0.3 is 0 Å². The summed E-state index contributed by atoms with van der Waals surface area (Å²) in [7, 11) is 3.24. The van der Waals surface area contributed by atoms with E-state index in [0.717, 1.165) is 10.0 Å². The van der Waals surface area contributed by atoms with Crippen molar-refractivity contribution in [1.29, 1.82) is 0 Å². The molecule has 0 saturated carbocycles. The molecular weight excluding hydrogens is 310 g/mol. The van der Waals surface area contributed by atoms with Gasteiger partial charge in [0.2, 0.25) is 5.91 Å². The first kappa shape index (κ1) is 15.7. The minimum atomic E-state index is -0.539. The lowest BCUT2D eigenvalue weighted by atomic mass is 10.2. The molecule has 0 fully saturated rings. The Hall–Kier alpha value is -1.33. The molecule has 1 aromatic rings. The number of hydrogen-bond acceptors (Lipinski definition) is 3. The molecule has 0 aliphatic rings. The van der Waals surface area contributed by atoms with E-state index in [0.29, 0.717) is 12.3 Å². The molecule has 104 valence electrons. The van der Waals surface area contributed by atoms with Crippen molar-refractivity contribution >= 4 is 27.9 Å². The van der Waals surface area contributed by atoms with Crippen LogP contribution < -0.4 is 4.74 Å². The average molecular weight is 328 g/mol. The molecule has 5 heteroatoms. The van der Waals surface area contributed by atoms with Crippen LogP contribution in [0.5, 0.6) is 5.75 Å². The maximum absolute atomic E-state index is 11.8. The van der Waals surface area contributed by atoms with Crippen molar-refractivity contribution < 1.29 is 14.6 Å². The molecule has 0 radical (unpaired) electrons. The van der Waals surface area contributed by atoms with Crippen LogP contribution in [-0.4, -0.2) is 42.7 Å². The molecule has 1 amide bonds. The van der Waals surface area contributed by atoms with Crippen molar-refractivity contribution in [3.05, 3.63) is 34.3 Å². The fraction of sp³-hybridized carbons (Fsp3) is 0.357. The second kappa shape index (κ2) is 7.31. The van der Waals surface area contributed by atoms with E-state index in [1.807, 2.05) is 18.2 Å². The number of amides is 1. The number of aliphatic hydroxyl groups excluding tert-OH is 1. The number of ether oxygens (including phenoxy) is 1. The second-order valence-electron chi connectivity index (χ2n) is 4.29. The highest BCUT2D eigenvalue weighted by atomic mass is 79.9. The fourth-order valence-corrected chi connectivity index (χ4v) is 1.99. The van der Waals surface area contributed by atoms with Gasteiger partial charge in [-0.25, -0.2) is 0 Å². The summed E-state index contributed by atoms with van der Waals surface area (Å²) in [6.07, 6.45) is 2.62. The Morgan fingerprint density at radius 3 is 2.84 bits per heavy atom. The zero-order valence-electron chi connectivity index (χ0n) is 11.3. The molecular formula is C14H18BrNO3. The minimum absolute atomic E-state index is 0.164. The SMILES string of the molecule is COc1ccc(Br)cc1C=CC(=O)N(C)CC(C)O. The molecule has 1 unspecified atom stereocenters. The first-order valence-electron chi connectivity index (χ1n) is 5.89. The first-order valence-corrected chi connectivity index (χ1v) is 6.68. The van der Waals surface area contributed by atoms with E-state index in [-0.39, 0.29) is 5.91 Å². The van der Waals surface area contributed by atoms with Gasteiger partial charge in [-0.05, 0) is 31.2 Å².